The second kappa shape index (κ2) is 15.3. The van der Waals surface area contributed by atoms with Crippen molar-refractivity contribution in [1.29, 1.82) is 0 Å². The van der Waals surface area contributed by atoms with Crippen molar-refractivity contribution in [3.05, 3.63) is 107 Å². The number of Topliss-reactive ketones (excluding diaryl/α,β-unsaturated/α-hetero) is 1. The second-order valence-corrected chi connectivity index (χ2v) is 13.1. The smallest absolute Gasteiger partial charge is 0.257 e. The summed E-state index contributed by atoms with van der Waals surface area (Å²) in [6.45, 7) is 7.23. The molecule has 49 heavy (non-hydrogen) atoms. The Morgan fingerprint density at radius 3 is 2.59 bits per heavy atom. The SMILES string of the molecule is C=CCn1c(C(=O)C2CCN(CCC(CN(C)C(=O)c3cc(-n4cnnn4)ccc3OC)c3ccc(Cl)c(Cl)c3)CC2)nc2ccccc21. The zero-order chi connectivity index (χ0) is 34.5. The number of carbonyl (C=O) groups excluding carboxylic acids is 2. The minimum atomic E-state index is -0.196. The summed E-state index contributed by atoms with van der Waals surface area (Å²) in [7, 11) is 3.32. The number of para-hydroxylation sites is 2. The number of allylic oxidation sites excluding steroid dienone is 1. The van der Waals surface area contributed by atoms with Crippen LogP contribution in [0.25, 0.3) is 16.7 Å². The number of hydrogen-bond donors (Lipinski definition) is 0. The predicted octanol–water partition coefficient (Wildman–Crippen LogP) is 6.35. The fraction of sp³-hybridized carbons (Fsp3) is 0.333. The predicted molar refractivity (Wildman–Crippen MR) is 190 cm³/mol. The van der Waals surface area contributed by atoms with E-state index in [0.717, 1.165) is 55.5 Å². The van der Waals surface area contributed by atoms with Gasteiger partial charge in [0.2, 0.25) is 5.78 Å². The molecule has 1 amide bonds. The van der Waals surface area contributed by atoms with Gasteiger partial charge in [-0.3, -0.25) is 9.59 Å². The maximum absolute atomic E-state index is 13.9. The van der Waals surface area contributed by atoms with Crippen molar-refractivity contribution in [3.8, 4) is 11.4 Å². The lowest BCUT2D eigenvalue weighted by Gasteiger charge is -2.33. The Bertz CT molecular complexity index is 1950. The molecule has 0 spiro atoms. The topological polar surface area (TPSA) is 111 Å². The quantitative estimate of drug-likeness (QED) is 0.103. The van der Waals surface area contributed by atoms with E-state index >= 15 is 0 Å². The molecule has 1 saturated heterocycles. The van der Waals surface area contributed by atoms with E-state index in [1.54, 1.807) is 42.3 Å². The van der Waals surface area contributed by atoms with Crippen LogP contribution in [-0.2, 0) is 6.54 Å². The maximum atomic E-state index is 13.9. The van der Waals surface area contributed by atoms with E-state index in [1.165, 1.54) is 18.1 Å². The van der Waals surface area contributed by atoms with Gasteiger partial charge in [0.1, 0.15) is 12.1 Å². The fourth-order valence-corrected chi connectivity index (χ4v) is 6.86. The number of likely N-dealkylation sites (N-methyl/N-ethyl adjacent to an activating group) is 1. The Kier molecular flexibility index (Phi) is 10.7. The number of ether oxygens (including phenoxy) is 1. The Balaban J connectivity index is 1.14. The van der Waals surface area contributed by atoms with Gasteiger partial charge in [0, 0.05) is 32.0 Å². The maximum Gasteiger partial charge on any atom is 0.257 e. The van der Waals surface area contributed by atoms with Crippen LogP contribution in [0.15, 0.2) is 79.6 Å². The summed E-state index contributed by atoms with van der Waals surface area (Å²) in [5.41, 5.74) is 3.80. The third-order valence-electron chi connectivity index (χ3n) is 9.22. The Hall–Kier alpha value is -4.58. The number of hydrogen-bond acceptors (Lipinski definition) is 8. The highest BCUT2D eigenvalue weighted by molar-refractivity contribution is 6.42. The van der Waals surface area contributed by atoms with E-state index in [2.05, 4.69) is 27.0 Å². The summed E-state index contributed by atoms with van der Waals surface area (Å²) in [6.07, 6.45) is 5.54. The number of carbonyl (C=O) groups is 2. The minimum absolute atomic E-state index is 0.0319. The van der Waals surface area contributed by atoms with Crippen molar-refractivity contribution in [2.75, 3.05) is 40.3 Å². The molecule has 3 heterocycles. The van der Waals surface area contributed by atoms with Crippen molar-refractivity contribution < 1.29 is 14.3 Å². The molecule has 3 aromatic carbocycles. The standard InChI is InChI=1S/C36H38Cl2N8O3/c1-4-16-45-32-8-6-5-7-31(32)40-35(45)34(47)24-13-17-44(18-14-24)19-15-26(25-9-11-29(37)30(38)20-25)22-43(2)36(48)28-21-27(10-12-33(28)49-3)46-23-39-41-42-46/h4-12,20-21,23-24,26H,1,13-19,22H2,2-3H3. The van der Waals surface area contributed by atoms with Crippen LogP contribution < -0.4 is 4.74 Å². The number of piperidine rings is 1. The zero-order valence-corrected chi connectivity index (χ0v) is 29.0. The van der Waals surface area contributed by atoms with Gasteiger partial charge >= 0.3 is 0 Å². The van der Waals surface area contributed by atoms with Gasteiger partial charge in [0.15, 0.2) is 5.82 Å². The highest BCUT2D eigenvalue weighted by Gasteiger charge is 2.30. The van der Waals surface area contributed by atoms with Crippen molar-refractivity contribution >= 4 is 45.9 Å². The number of nitrogens with zero attached hydrogens (tertiary/aromatic N) is 8. The minimum Gasteiger partial charge on any atom is -0.496 e. The molecule has 6 rings (SSSR count). The Labute approximate surface area is 295 Å². The number of benzene rings is 3. The van der Waals surface area contributed by atoms with E-state index < -0.39 is 0 Å². The average Bonchev–Trinajstić information content (AvgIpc) is 3.80. The third-order valence-corrected chi connectivity index (χ3v) is 9.96. The zero-order valence-electron chi connectivity index (χ0n) is 27.5. The van der Waals surface area contributed by atoms with Crippen LogP contribution >= 0.6 is 23.2 Å². The number of rotatable bonds is 13. The molecule has 0 radical (unpaired) electrons. The van der Waals surface area contributed by atoms with Crippen LogP contribution in [0.4, 0.5) is 0 Å². The van der Waals surface area contributed by atoms with Crippen molar-refractivity contribution in [2.24, 2.45) is 5.92 Å². The van der Waals surface area contributed by atoms with Crippen LogP contribution in [-0.4, -0.2) is 91.6 Å². The number of halogens is 2. The van der Waals surface area contributed by atoms with Crippen LogP contribution in [0.1, 0.15) is 51.7 Å². The van der Waals surface area contributed by atoms with Gasteiger partial charge in [-0.1, -0.05) is 47.5 Å². The molecule has 13 heteroatoms. The molecule has 254 valence electrons. The lowest BCUT2D eigenvalue weighted by Crippen LogP contribution is -2.38. The third kappa shape index (κ3) is 7.54. The number of imidazole rings is 1. The molecule has 11 nitrogen and oxygen atoms in total. The first-order valence-corrected chi connectivity index (χ1v) is 17.0. The molecule has 1 aliphatic heterocycles. The summed E-state index contributed by atoms with van der Waals surface area (Å²) in [5.74, 6) is 0.731. The molecule has 0 N–H and O–H groups in total. The van der Waals surface area contributed by atoms with Gasteiger partial charge in [0.05, 0.1) is 39.4 Å². The Morgan fingerprint density at radius 1 is 1.08 bits per heavy atom. The van der Waals surface area contributed by atoms with E-state index in [-0.39, 0.29) is 23.5 Å². The first-order valence-electron chi connectivity index (χ1n) is 16.2. The summed E-state index contributed by atoms with van der Waals surface area (Å²) in [5, 5.41) is 12.3. The van der Waals surface area contributed by atoms with Crippen molar-refractivity contribution in [1.82, 2.24) is 39.6 Å². The van der Waals surface area contributed by atoms with E-state index in [1.807, 2.05) is 41.0 Å². The molecule has 1 aliphatic rings. The molecule has 1 atom stereocenters. The monoisotopic (exact) mass is 700 g/mol. The first kappa shape index (κ1) is 34.3. The van der Waals surface area contributed by atoms with Gasteiger partial charge in [-0.2, -0.15) is 0 Å². The van der Waals surface area contributed by atoms with Gasteiger partial charge in [0.25, 0.3) is 5.91 Å². The van der Waals surface area contributed by atoms with Gasteiger partial charge < -0.3 is 19.1 Å². The second-order valence-electron chi connectivity index (χ2n) is 12.3. The molecule has 2 aromatic heterocycles. The highest BCUT2D eigenvalue weighted by Crippen LogP contribution is 2.31. The number of likely N-dealkylation sites (tertiary alicyclic amines) is 1. The molecular weight excluding hydrogens is 663 g/mol. The van der Waals surface area contributed by atoms with Crippen molar-refractivity contribution in [2.45, 2.75) is 31.7 Å². The van der Waals surface area contributed by atoms with E-state index in [9.17, 15) is 9.59 Å². The fourth-order valence-electron chi connectivity index (χ4n) is 6.55. The summed E-state index contributed by atoms with van der Waals surface area (Å²) < 4.78 is 9.00. The number of methoxy groups -OCH3 is 1. The summed E-state index contributed by atoms with van der Waals surface area (Å²) >= 11 is 12.7. The van der Waals surface area contributed by atoms with Crippen LogP contribution in [0.2, 0.25) is 10.0 Å². The average molecular weight is 702 g/mol. The van der Waals surface area contributed by atoms with Crippen molar-refractivity contribution in [3.63, 3.8) is 0 Å². The molecule has 0 bridgehead atoms. The van der Waals surface area contributed by atoms with Crippen LogP contribution in [0.5, 0.6) is 5.75 Å². The summed E-state index contributed by atoms with van der Waals surface area (Å²) in [4.78, 5) is 36.4. The number of tetrazole rings is 1. The largest absolute Gasteiger partial charge is 0.496 e. The molecule has 1 fully saturated rings. The number of aromatic nitrogens is 6. The summed E-state index contributed by atoms with van der Waals surface area (Å²) in [6, 6.07) is 18.7. The lowest BCUT2D eigenvalue weighted by atomic mass is 9.90. The molecule has 0 saturated carbocycles. The van der Waals surface area contributed by atoms with Crippen LogP contribution in [0, 0.1) is 5.92 Å². The normalized spacial score (nSPS) is 14.5. The van der Waals surface area contributed by atoms with E-state index in [4.69, 9.17) is 32.9 Å². The molecular formula is C36H38Cl2N8O3. The number of amides is 1. The lowest BCUT2D eigenvalue weighted by molar-refractivity contribution is 0.0776. The number of ketones is 1. The molecule has 0 aliphatic carbocycles. The molecule has 5 aromatic rings. The first-order chi connectivity index (χ1) is 23.8. The van der Waals surface area contributed by atoms with Gasteiger partial charge in [-0.15, -0.1) is 11.7 Å². The number of fused-ring (bicyclic) bond motifs is 1. The van der Waals surface area contributed by atoms with Crippen LogP contribution in [0.3, 0.4) is 0 Å². The van der Waals surface area contributed by atoms with E-state index in [0.29, 0.717) is 46.0 Å². The van der Waals surface area contributed by atoms with Gasteiger partial charge in [-0.25, -0.2) is 9.67 Å². The van der Waals surface area contributed by atoms with Gasteiger partial charge in [-0.05, 0) is 97.4 Å². The Morgan fingerprint density at radius 2 is 1.88 bits per heavy atom. The molecule has 1 unspecified atom stereocenters. The highest BCUT2D eigenvalue weighted by atomic mass is 35.5.